The summed E-state index contributed by atoms with van der Waals surface area (Å²) in [6, 6.07) is 35.5. The quantitative estimate of drug-likeness (QED) is 0.0967. The van der Waals surface area contributed by atoms with Gasteiger partial charge in [0, 0.05) is 73.6 Å². The molecule has 24 heteroatoms. The van der Waals surface area contributed by atoms with Crippen LogP contribution in [-0.2, 0) is 0 Å². The summed E-state index contributed by atoms with van der Waals surface area (Å²) < 4.78 is 13.8. The topological polar surface area (TPSA) is 232 Å². The van der Waals surface area contributed by atoms with Crippen LogP contribution in [0.5, 0.6) is 0 Å². The van der Waals surface area contributed by atoms with Gasteiger partial charge in [0.2, 0.25) is 0 Å². The Morgan fingerprint density at radius 2 is 0.806 bits per heavy atom. The molecule has 0 aliphatic rings. The van der Waals surface area contributed by atoms with Gasteiger partial charge in [-0.25, -0.2) is 4.39 Å². The normalized spacial score (nSPS) is 9.69. The number of hydrogen-bond acceptors (Lipinski definition) is 12. The van der Waals surface area contributed by atoms with Crippen molar-refractivity contribution in [2.75, 3.05) is 0 Å². The van der Waals surface area contributed by atoms with Gasteiger partial charge in [-0.2, -0.15) is 25.0 Å². The molecule has 0 spiro atoms. The van der Waals surface area contributed by atoms with Gasteiger partial charge in [0.05, 0.1) is 26.1 Å². The van der Waals surface area contributed by atoms with Gasteiger partial charge in [0.15, 0.2) is 0 Å². The third-order valence-electron chi connectivity index (χ3n) is 7.57. The number of aromatic amines is 1. The molecule has 1 N–H and O–H groups in total. The van der Waals surface area contributed by atoms with Gasteiger partial charge in [-0.05, 0) is 105 Å². The van der Waals surface area contributed by atoms with Crippen LogP contribution in [0.1, 0.15) is 16.3 Å². The number of nitrogens with zero attached hydrogens (tertiary/aromatic N) is 11. The average molecular weight is 1110 g/mol. The number of nitro groups is 3. The molecule has 3 aromatic heterocycles. The fraction of sp³-hybridized carbons (Fsp3) is 0.0526. The summed E-state index contributed by atoms with van der Waals surface area (Å²) in [5.41, 5.74) is 6.18. The number of para-hydroxylation sites is 2. The van der Waals surface area contributed by atoms with Crippen LogP contribution >= 0.6 is 60.1 Å². The fourth-order valence-corrected chi connectivity index (χ4v) is 5.59. The number of halogens is 5. The molecule has 9 rings (SSSR count). The Labute approximate surface area is 407 Å². The van der Waals surface area contributed by atoms with E-state index in [1.54, 1.807) is 24.3 Å². The smallest absolute Gasteiger partial charge is 1.00 e. The molecule has 3 heterocycles. The molecule has 0 radical (unpaired) electrons. The second-order valence-electron chi connectivity index (χ2n) is 11.3. The molecule has 6 aromatic carbocycles. The first-order valence-corrected chi connectivity index (χ1v) is 21.6. The SMILES string of the molecule is BrBr.C.C.O=[N+]([O-])c1ccc(-n2nc3c(Br)ccc(Br)c3n2)cc1.O=[N+]([O-])c1ccc(-n2nc3ccccc3n2)cc1.O=[N+]([O-])c1ccc(F)cc1.[H-].[Na+].c1ccc2n[nH]nc2c1. The third-order valence-corrected chi connectivity index (χ3v) is 8.85. The van der Waals surface area contributed by atoms with Gasteiger partial charge in [-0.1, -0.05) is 39.1 Å². The first-order valence-electron chi connectivity index (χ1n) is 16.3. The minimum absolute atomic E-state index is 0. The minimum atomic E-state index is -0.570. The molecule has 62 heavy (non-hydrogen) atoms. The van der Waals surface area contributed by atoms with Crippen LogP contribution in [0.2, 0.25) is 0 Å². The molecule has 0 amide bonds. The Balaban J connectivity index is 0.000000424. The second kappa shape index (κ2) is 25.5. The van der Waals surface area contributed by atoms with Gasteiger partial charge in [0.25, 0.3) is 17.1 Å². The van der Waals surface area contributed by atoms with Crippen LogP contribution < -0.4 is 29.6 Å². The summed E-state index contributed by atoms with van der Waals surface area (Å²) in [6.07, 6.45) is 0. The number of non-ortho nitro benzene ring substituents is 3. The van der Waals surface area contributed by atoms with Crippen molar-refractivity contribution in [3.8, 4) is 11.4 Å². The van der Waals surface area contributed by atoms with E-state index < -0.39 is 20.6 Å². The Morgan fingerprint density at radius 3 is 1.15 bits per heavy atom. The summed E-state index contributed by atoms with van der Waals surface area (Å²) in [7, 11) is 0. The molecule has 9 aromatic rings. The van der Waals surface area contributed by atoms with Gasteiger partial charge < -0.3 is 1.43 Å². The van der Waals surface area contributed by atoms with Gasteiger partial charge in [-0.15, -0.1) is 20.4 Å². The van der Waals surface area contributed by atoms with E-state index in [-0.39, 0.29) is 62.9 Å². The number of benzene rings is 6. The number of aromatic nitrogens is 9. The van der Waals surface area contributed by atoms with Crippen LogP contribution in [-0.4, -0.2) is 60.2 Å². The summed E-state index contributed by atoms with van der Waals surface area (Å²) >= 11 is 12.3. The van der Waals surface area contributed by atoms with Gasteiger partial charge >= 0.3 is 29.6 Å². The Morgan fingerprint density at radius 1 is 0.500 bits per heavy atom. The van der Waals surface area contributed by atoms with E-state index in [0.29, 0.717) is 11.4 Å². The molecule has 0 bridgehead atoms. The summed E-state index contributed by atoms with van der Waals surface area (Å²) in [6.45, 7) is 0. The molecular weight excluding hydrogens is 1080 g/mol. The predicted octanol–water partition coefficient (Wildman–Crippen LogP) is 8.95. The molecule has 18 nitrogen and oxygen atoms in total. The van der Waals surface area contributed by atoms with Crippen molar-refractivity contribution in [1.29, 1.82) is 0 Å². The van der Waals surface area contributed by atoms with Crippen molar-refractivity contribution in [2.45, 2.75) is 14.9 Å². The van der Waals surface area contributed by atoms with Crippen molar-refractivity contribution < 1.29 is 50.1 Å². The maximum absolute atomic E-state index is 12.1. The van der Waals surface area contributed by atoms with E-state index in [2.05, 4.69) is 95.9 Å². The third kappa shape index (κ3) is 14.1. The zero-order chi connectivity index (χ0) is 42.5. The maximum Gasteiger partial charge on any atom is 1.00 e. The molecule has 0 unspecified atom stereocenters. The molecule has 0 aliphatic heterocycles. The standard InChI is InChI=1S/C12H6Br2N4O2.C12H8N4O2.C6H4FNO2.C6H5N3.2CH4.Br2.Na.H/c13-9-5-6-10(14)12-11(9)15-17(16-12)7-1-3-8(4-2-7)18(19)20;17-16(18)10-7-5-9(6-8-10)15-13-11-3-1-2-4-12(11)14-15;7-5-1-3-6(4-2-5)8(9)10;1-2-4-6-5(3-1)7-9-8-6;;;1-2;;/h1-6H;1-8H;1-4H;1-4H,(H,7,8,9);2*1H4;;;/q;;;;;;;+1;-1. The van der Waals surface area contributed by atoms with Crippen LogP contribution in [0.15, 0.2) is 142 Å². The van der Waals surface area contributed by atoms with E-state index in [1.807, 2.05) is 60.7 Å². The van der Waals surface area contributed by atoms with E-state index in [0.717, 1.165) is 66.3 Å². The molecule has 0 atom stereocenters. The van der Waals surface area contributed by atoms with E-state index in [1.165, 1.54) is 33.9 Å². The van der Waals surface area contributed by atoms with Crippen molar-refractivity contribution >= 4 is 110 Å². The predicted molar refractivity (Wildman–Crippen MR) is 246 cm³/mol. The van der Waals surface area contributed by atoms with Crippen LogP contribution in [0.25, 0.3) is 44.5 Å². The van der Waals surface area contributed by atoms with Crippen LogP contribution in [0.3, 0.4) is 0 Å². The average Bonchev–Trinajstić information content (AvgIpc) is 4.04. The Kier molecular flexibility index (Phi) is 21.7. The number of nitrogens with one attached hydrogen (secondary N) is 1. The zero-order valence-electron chi connectivity index (χ0n) is 31.5. The maximum atomic E-state index is 12.1. The van der Waals surface area contributed by atoms with Crippen LogP contribution in [0, 0.1) is 36.2 Å². The van der Waals surface area contributed by atoms with Crippen molar-refractivity contribution in [3.05, 3.63) is 179 Å². The monoisotopic (exact) mass is 1110 g/mol. The first kappa shape index (κ1) is 52.7. The summed E-state index contributed by atoms with van der Waals surface area (Å²) in [5.74, 6) is -0.467. The Bertz CT molecular complexity index is 2760. The van der Waals surface area contributed by atoms with Crippen molar-refractivity contribution in [3.63, 3.8) is 0 Å². The molecule has 0 saturated carbocycles. The van der Waals surface area contributed by atoms with Crippen molar-refractivity contribution in [2.24, 2.45) is 0 Å². The molecular formula is C38H32Br4FN12NaO6. The molecule has 0 aliphatic carbocycles. The number of hydrogen-bond donors (Lipinski definition) is 1. The summed E-state index contributed by atoms with van der Waals surface area (Å²) in [5, 5.41) is 58.8. The number of H-pyrrole nitrogens is 1. The number of nitro benzene ring substituents is 3. The summed E-state index contributed by atoms with van der Waals surface area (Å²) in [4.78, 5) is 32.7. The van der Waals surface area contributed by atoms with Crippen LogP contribution in [0.4, 0.5) is 21.5 Å². The van der Waals surface area contributed by atoms with E-state index >= 15 is 0 Å². The number of fused-ring (bicyclic) bond motifs is 3. The largest absolute Gasteiger partial charge is 1.00 e. The fourth-order valence-electron chi connectivity index (χ4n) is 4.79. The van der Waals surface area contributed by atoms with Gasteiger partial charge in [0.1, 0.15) is 38.9 Å². The second-order valence-corrected chi connectivity index (χ2v) is 13.0. The van der Waals surface area contributed by atoms with E-state index in [9.17, 15) is 34.7 Å². The minimum Gasteiger partial charge on any atom is -1.00 e. The zero-order valence-corrected chi connectivity index (χ0v) is 38.8. The molecule has 316 valence electrons. The van der Waals surface area contributed by atoms with E-state index in [4.69, 9.17) is 0 Å². The molecule has 0 saturated heterocycles. The Hall–Kier alpha value is -5.43. The molecule has 0 fully saturated rings. The number of rotatable bonds is 5. The van der Waals surface area contributed by atoms with Crippen molar-refractivity contribution in [1.82, 2.24) is 45.4 Å². The van der Waals surface area contributed by atoms with Gasteiger partial charge in [-0.3, -0.25) is 30.3 Å². The first-order chi connectivity index (χ1) is 28.5.